The van der Waals surface area contributed by atoms with E-state index in [9.17, 15) is 4.79 Å². The Morgan fingerprint density at radius 1 is 1.22 bits per heavy atom. The van der Waals surface area contributed by atoms with Crippen LogP contribution in [-0.2, 0) is 0 Å². The molecule has 4 heteroatoms. The summed E-state index contributed by atoms with van der Waals surface area (Å²) in [4.78, 5) is 14.1. The van der Waals surface area contributed by atoms with Gasteiger partial charge in [0.15, 0.2) is 0 Å². The number of nitrogens with two attached hydrogens (primary N) is 1. The number of likely N-dealkylation sites (tertiary alicyclic amines) is 1. The maximum absolute atomic E-state index is 12.1. The fraction of sp³-hybridized carbons (Fsp3) is 0.500. The summed E-state index contributed by atoms with van der Waals surface area (Å²) in [5, 5.41) is 3.07. The molecular weight excluding hydrogens is 226 g/mol. The Hall–Kier alpha value is -1.71. The van der Waals surface area contributed by atoms with Crippen LogP contribution in [0.1, 0.15) is 37.3 Å². The Labute approximate surface area is 107 Å². The fourth-order valence-electron chi connectivity index (χ4n) is 2.56. The smallest absolute Gasteiger partial charge is 0.318 e. The molecule has 0 radical (unpaired) electrons. The Balaban J connectivity index is 1.73. The van der Waals surface area contributed by atoms with E-state index in [-0.39, 0.29) is 12.1 Å². The summed E-state index contributed by atoms with van der Waals surface area (Å²) in [6.07, 6.45) is 4.38. The van der Waals surface area contributed by atoms with Gasteiger partial charge in [-0.3, -0.25) is 0 Å². The zero-order chi connectivity index (χ0) is 12.5. The van der Waals surface area contributed by atoms with Gasteiger partial charge >= 0.3 is 6.03 Å². The molecule has 0 bridgehead atoms. The number of nitrogen functional groups attached to an aromatic ring is 1. The molecule has 1 atom stereocenters. The van der Waals surface area contributed by atoms with Crippen molar-refractivity contribution in [3.63, 3.8) is 0 Å². The van der Waals surface area contributed by atoms with Crippen molar-refractivity contribution in [3.05, 3.63) is 29.8 Å². The van der Waals surface area contributed by atoms with Gasteiger partial charge in [0, 0.05) is 18.3 Å². The number of rotatable bonds is 2. The van der Waals surface area contributed by atoms with Crippen LogP contribution in [0, 0.1) is 0 Å². The number of anilines is 1. The largest absolute Gasteiger partial charge is 0.399 e. The second kappa shape index (κ2) is 4.52. The minimum absolute atomic E-state index is 0.0943. The van der Waals surface area contributed by atoms with Crippen LogP contribution in [-0.4, -0.2) is 23.5 Å². The van der Waals surface area contributed by atoms with Gasteiger partial charge in [-0.15, -0.1) is 0 Å². The zero-order valence-corrected chi connectivity index (χ0v) is 10.4. The van der Waals surface area contributed by atoms with Crippen molar-refractivity contribution >= 4 is 11.7 Å². The molecule has 1 saturated heterocycles. The summed E-state index contributed by atoms with van der Waals surface area (Å²) in [6.45, 7) is 0.855. The second-order valence-electron chi connectivity index (χ2n) is 5.24. The number of carbonyl (C=O) groups is 1. The van der Waals surface area contributed by atoms with Gasteiger partial charge in [-0.25, -0.2) is 4.79 Å². The molecule has 4 nitrogen and oxygen atoms in total. The number of benzene rings is 1. The highest BCUT2D eigenvalue weighted by Crippen LogP contribution is 2.32. The number of amides is 2. The summed E-state index contributed by atoms with van der Waals surface area (Å²) in [6, 6.07) is 8.60. The third-order valence-electron chi connectivity index (χ3n) is 3.74. The molecule has 1 aliphatic carbocycles. The Morgan fingerprint density at radius 2 is 1.94 bits per heavy atom. The molecule has 0 spiro atoms. The Bertz CT molecular complexity index is 439. The van der Waals surface area contributed by atoms with Crippen molar-refractivity contribution in [2.24, 2.45) is 0 Å². The van der Waals surface area contributed by atoms with Crippen LogP contribution in [0.4, 0.5) is 10.5 Å². The lowest BCUT2D eigenvalue weighted by molar-refractivity contribution is 0.192. The van der Waals surface area contributed by atoms with Crippen molar-refractivity contribution in [2.45, 2.75) is 37.8 Å². The maximum Gasteiger partial charge on any atom is 0.318 e. The zero-order valence-electron chi connectivity index (χ0n) is 10.4. The van der Waals surface area contributed by atoms with E-state index in [1.54, 1.807) is 0 Å². The van der Waals surface area contributed by atoms with Crippen LogP contribution in [0.3, 0.4) is 0 Å². The van der Waals surface area contributed by atoms with Crippen LogP contribution >= 0.6 is 0 Å². The molecule has 2 aliphatic rings. The first-order chi connectivity index (χ1) is 8.74. The van der Waals surface area contributed by atoms with Gasteiger partial charge in [-0.1, -0.05) is 12.1 Å². The third-order valence-corrected chi connectivity index (χ3v) is 3.74. The molecule has 1 heterocycles. The minimum Gasteiger partial charge on any atom is -0.399 e. The molecule has 1 saturated carbocycles. The first kappa shape index (κ1) is 11.4. The molecule has 3 N–H and O–H groups in total. The molecule has 96 valence electrons. The lowest BCUT2D eigenvalue weighted by Gasteiger charge is -2.25. The second-order valence-corrected chi connectivity index (χ2v) is 5.24. The van der Waals surface area contributed by atoms with E-state index in [1.165, 1.54) is 5.56 Å². The molecule has 1 aromatic carbocycles. The standard InChI is InChI=1S/C14H19N3O/c15-11-5-3-10(4-6-11)13-2-1-9-17(13)14(18)16-12-7-8-12/h3-6,12-13H,1-2,7-9,15H2,(H,16,18). The first-order valence-electron chi connectivity index (χ1n) is 6.66. The topological polar surface area (TPSA) is 58.4 Å². The summed E-state index contributed by atoms with van der Waals surface area (Å²) < 4.78 is 0. The average molecular weight is 245 g/mol. The number of nitrogens with zero attached hydrogens (tertiary/aromatic N) is 1. The molecule has 18 heavy (non-hydrogen) atoms. The predicted octanol–water partition coefficient (Wildman–Crippen LogP) is 2.28. The number of hydrogen-bond acceptors (Lipinski definition) is 2. The summed E-state index contributed by atoms with van der Waals surface area (Å²) in [5.74, 6) is 0. The number of hydrogen-bond donors (Lipinski definition) is 2. The van der Waals surface area contributed by atoms with Gasteiger partial charge in [-0.05, 0) is 43.4 Å². The van der Waals surface area contributed by atoms with Crippen LogP contribution in [0.15, 0.2) is 24.3 Å². The van der Waals surface area contributed by atoms with E-state index < -0.39 is 0 Å². The Morgan fingerprint density at radius 3 is 2.61 bits per heavy atom. The van der Waals surface area contributed by atoms with E-state index in [2.05, 4.69) is 5.32 Å². The monoisotopic (exact) mass is 245 g/mol. The molecule has 0 aromatic heterocycles. The van der Waals surface area contributed by atoms with Crippen molar-refractivity contribution in [2.75, 3.05) is 12.3 Å². The van der Waals surface area contributed by atoms with Gasteiger partial charge < -0.3 is 16.0 Å². The molecule has 2 amide bonds. The summed E-state index contributed by atoms with van der Waals surface area (Å²) in [5.41, 5.74) is 7.66. The van der Waals surface area contributed by atoms with Crippen LogP contribution < -0.4 is 11.1 Å². The molecule has 2 fully saturated rings. The van der Waals surface area contributed by atoms with E-state index in [1.807, 2.05) is 29.2 Å². The van der Waals surface area contributed by atoms with E-state index in [4.69, 9.17) is 5.73 Å². The van der Waals surface area contributed by atoms with Crippen molar-refractivity contribution in [1.29, 1.82) is 0 Å². The van der Waals surface area contributed by atoms with E-state index in [0.29, 0.717) is 6.04 Å². The van der Waals surface area contributed by atoms with E-state index in [0.717, 1.165) is 37.9 Å². The molecule has 3 rings (SSSR count). The average Bonchev–Trinajstić information content (AvgIpc) is 3.04. The quantitative estimate of drug-likeness (QED) is 0.785. The summed E-state index contributed by atoms with van der Waals surface area (Å²) >= 11 is 0. The molecule has 1 unspecified atom stereocenters. The number of urea groups is 1. The lowest BCUT2D eigenvalue weighted by atomic mass is 10.0. The molecular formula is C14H19N3O. The predicted molar refractivity (Wildman–Crippen MR) is 71.1 cm³/mol. The summed E-state index contributed by atoms with van der Waals surface area (Å²) in [7, 11) is 0. The highest BCUT2D eigenvalue weighted by molar-refractivity contribution is 5.75. The van der Waals surface area contributed by atoms with Crippen LogP contribution in [0.2, 0.25) is 0 Å². The van der Waals surface area contributed by atoms with Gasteiger partial charge in [0.1, 0.15) is 0 Å². The SMILES string of the molecule is Nc1ccc(C2CCCN2C(=O)NC2CC2)cc1. The van der Waals surface area contributed by atoms with Gasteiger partial charge in [-0.2, -0.15) is 0 Å². The number of carbonyl (C=O) groups excluding carboxylic acids is 1. The maximum atomic E-state index is 12.1. The van der Waals surface area contributed by atoms with Gasteiger partial charge in [0.05, 0.1) is 6.04 Å². The van der Waals surface area contributed by atoms with Crippen LogP contribution in [0.25, 0.3) is 0 Å². The highest BCUT2D eigenvalue weighted by atomic mass is 16.2. The van der Waals surface area contributed by atoms with Gasteiger partial charge in [0.2, 0.25) is 0 Å². The van der Waals surface area contributed by atoms with Crippen molar-refractivity contribution in [1.82, 2.24) is 10.2 Å². The normalized spacial score (nSPS) is 23.1. The molecule has 1 aromatic rings. The minimum atomic E-state index is 0.0943. The third kappa shape index (κ3) is 2.28. The van der Waals surface area contributed by atoms with Gasteiger partial charge in [0.25, 0.3) is 0 Å². The molecule has 1 aliphatic heterocycles. The fourth-order valence-corrected chi connectivity index (χ4v) is 2.56. The van der Waals surface area contributed by atoms with Crippen LogP contribution in [0.5, 0.6) is 0 Å². The number of nitrogens with one attached hydrogen (secondary N) is 1. The Kier molecular flexibility index (Phi) is 2.86. The van der Waals surface area contributed by atoms with E-state index >= 15 is 0 Å². The highest BCUT2D eigenvalue weighted by Gasteiger charge is 2.32. The van der Waals surface area contributed by atoms with Crippen molar-refractivity contribution < 1.29 is 4.79 Å². The lowest BCUT2D eigenvalue weighted by Crippen LogP contribution is -2.40. The van der Waals surface area contributed by atoms with Crippen molar-refractivity contribution in [3.8, 4) is 0 Å². The first-order valence-corrected chi connectivity index (χ1v) is 6.66.